The van der Waals surface area contributed by atoms with E-state index >= 15 is 0 Å². The fraction of sp³-hybridized carbons (Fsp3) is 0.333. The van der Waals surface area contributed by atoms with Gasteiger partial charge in [-0.2, -0.15) is 0 Å². The number of carbonyl (C=O) groups excluding carboxylic acids is 2. The maximum Gasteiger partial charge on any atom is 0.227 e. The average molecular weight is 405 g/mol. The second-order valence-electron chi connectivity index (χ2n) is 7.74. The van der Waals surface area contributed by atoms with Crippen LogP contribution in [-0.4, -0.2) is 36.6 Å². The van der Waals surface area contributed by atoms with E-state index in [0.29, 0.717) is 13.1 Å². The number of hydrogen-bond donors (Lipinski definition) is 1. The molecule has 3 aromatic rings. The average Bonchev–Trinajstić information content (AvgIpc) is 3.30. The summed E-state index contributed by atoms with van der Waals surface area (Å²) < 4.78 is 7.45. The predicted molar refractivity (Wildman–Crippen MR) is 118 cm³/mol. The Labute approximate surface area is 176 Å². The summed E-state index contributed by atoms with van der Waals surface area (Å²) in [5, 5.41) is 4.25. The quantitative estimate of drug-likeness (QED) is 0.612. The molecule has 4 rings (SSSR count). The van der Waals surface area contributed by atoms with Crippen LogP contribution < -0.4 is 15.0 Å². The molecule has 6 heteroatoms. The highest BCUT2D eigenvalue weighted by atomic mass is 16.5. The van der Waals surface area contributed by atoms with Gasteiger partial charge < -0.3 is 19.5 Å². The van der Waals surface area contributed by atoms with E-state index in [-0.39, 0.29) is 24.2 Å². The molecule has 2 heterocycles. The Bertz CT molecular complexity index is 1060. The normalized spacial score (nSPS) is 16.3. The van der Waals surface area contributed by atoms with E-state index in [9.17, 15) is 9.59 Å². The smallest absolute Gasteiger partial charge is 0.227 e. The van der Waals surface area contributed by atoms with Crippen molar-refractivity contribution in [3.63, 3.8) is 0 Å². The van der Waals surface area contributed by atoms with Gasteiger partial charge in [0, 0.05) is 43.0 Å². The monoisotopic (exact) mass is 405 g/mol. The van der Waals surface area contributed by atoms with Crippen LogP contribution in [-0.2, 0) is 16.1 Å². The molecule has 0 bridgehead atoms. The number of benzene rings is 2. The van der Waals surface area contributed by atoms with Crippen LogP contribution in [0.1, 0.15) is 18.5 Å². The number of fused-ring (bicyclic) bond motifs is 1. The van der Waals surface area contributed by atoms with Crippen molar-refractivity contribution in [2.24, 2.45) is 5.92 Å². The Hall–Kier alpha value is -3.28. The Kier molecular flexibility index (Phi) is 5.74. The number of ether oxygens (including phenoxy) is 1. The number of anilines is 1. The first-order chi connectivity index (χ1) is 14.6. The highest BCUT2D eigenvalue weighted by molar-refractivity contribution is 6.00. The van der Waals surface area contributed by atoms with E-state index < -0.39 is 0 Å². The lowest BCUT2D eigenvalue weighted by molar-refractivity contribution is -0.126. The summed E-state index contributed by atoms with van der Waals surface area (Å²) in [4.78, 5) is 26.7. The molecule has 1 aromatic heterocycles. The van der Waals surface area contributed by atoms with Gasteiger partial charge >= 0.3 is 0 Å². The van der Waals surface area contributed by atoms with Crippen LogP contribution in [0.3, 0.4) is 0 Å². The SMILES string of the molecule is COc1ccc(N2CC(C(=O)NCCCn3c(C)cc4ccccc43)CC2=O)cc1. The molecule has 1 fully saturated rings. The number of aryl methyl sites for hydroxylation is 2. The van der Waals surface area contributed by atoms with Crippen LogP contribution in [0, 0.1) is 12.8 Å². The van der Waals surface area contributed by atoms with Crippen LogP contribution in [0.4, 0.5) is 5.69 Å². The largest absolute Gasteiger partial charge is 0.497 e. The zero-order valence-corrected chi connectivity index (χ0v) is 17.4. The standard InChI is InChI=1S/C24H27N3O3/c1-17-14-18-6-3-4-7-22(18)26(17)13-5-12-25-24(29)19-15-23(28)27(16-19)20-8-10-21(30-2)11-9-20/h3-4,6-11,14,19H,5,12-13,15-16H2,1-2H3,(H,25,29). The van der Waals surface area contributed by atoms with Gasteiger partial charge in [0.15, 0.2) is 0 Å². The number of rotatable bonds is 7. The second-order valence-corrected chi connectivity index (χ2v) is 7.74. The minimum Gasteiger partial charge on any atom is -0.497 e. The maximum atomic E-state index is 12.6. The van der Waals surface area contributed by atoms with Gasteiger partial charge in [-0.3, -0.25) is 9.59 Å². The molecule has 6 nitrogen and oxygen atoms in total. The molecule has 2 aromatic carbocycles. The fourth-order valence-corrected chi connectivity index (χ4v) is 4.13. The van der Waals surface area contributed by atoms with Gasteiger partial charge in [-0.15, -0.1) is 0 Å². The van der Waals surface area contributed by atoms with Crippen molar-refractivity contribution in [2.45, 2.75) is 26.3 Å². The van der Waals surface area contributed by atoms with Crippen LogP contribution >= 0.6 is 0 Å². The Balaban J connectivity index is 1.29. The summed E-state index contributed by atoms with van der Waals surface area (Å²) in [5.41, 5.74) is 3.24. The molecular weight excluding hydrogens is 378 g/mol. The number of nitrogens with one attached hydrogen (secondary N) is 1. The van der Waals surface area contributed by atoms with E-state index in [1.54, 1.807) is 12.0 Å². The number of aromatic nitrogens is 1. The minimum absolute atomic E-state index is 0.0187. The topological polar surface area (TPSA) is 63.6 Å². The molecule has 0 aliphatic carbocycles. The Morgan fingerprint density at radius 2 is 1.93 bits per heavy atom. The summed E-state index contributed by atoms with van der Waals surface area (Å²) in [6, 6.07) is 17.9. The third-order valence-electron chi connectivity index (χ3n) is 5.76. The summed E-state index contributed by atoms with van der Waals surface area (Å²) >= 11 is 0. The fourth-order valence-electron chi connectivity index (χ4n) is 4.13. The first-order valence-electron chi connectivity index (χ1n) is 10.3. The molecule has 0 radical (unpaired) electrons. The predicted octanol–water partition coefficient (Wildman–Crippen LogP) is 3.52. The van der Waals surface area contributed by atoms with Crippen LogP contribution in [0.5, 0.6) is 5.75 Å². The number of para-hydroxylation sites is 1. The lowest BCUT2D eigenvalue weighted by Crippen LogP contribution is -2.33. The van der Waals surface area contributed by atoms with E-state index in [2.05, 4.69) is 35.0 Å². The van der Waals surface area contributed by atoms with Gasteiger partial charge in [0.05, 0.1) is 13.0 Å². The summed E-state index contributed by atoms with van der Waals surface area (Å²) in [5.74, 6) is 0.363. The summed E-state index contributed by atoms with van der Waals surface area (Å²) in [7, 11) is 1.61. The zero-order valence-electron chi connectivity index (χ0n) is 17.4. The molecule has 1 atom stereocenters. The van der Waals surface area contributed by atoms with Gasteiger partial charge in [0.25, 0.3) is 0 Å². The van der Waals surface area contributed by atoms with Gasteiger partial charge in [-0.05, 0) is 55.1 Å². The molecule has 0 saturated carbocycles. The van der Waals surface area contributed by atoms with Crippen LogP contribution in [0.15, 0.2) is 54.6 Å². The lowest BCUT2D eigenvalue weighted by Gasteiger charge is -2.17. The number of carbonyl (C=O) groups is 2. The van der Waals surface area contributed by atoms with E-state index in [4.69, 9.17) is 4.74 Å². The third-order valence-corrected chi connectivity index (χ3v) is 5.76. The first-order valence-corrected chi connectivity index (χ1v) is 10.3. The summed E-state index contributed by atoms with van der Waals surface area (Å²) in [6.07, 6.45) is 1.09. The molecule has 1 unspecified atom stereocenters. The Morgan fingerprint density at radius 1 is 1.17 bits per heavy atom. The highest BCUT2D eigenvalue weighted by Crippen LogP contribution is 2.27. The zero-order chi connectivity index (χ0) is 21.1. The molecule has 156 valence electrons. The van der Waals surface area contributed by atoms with Crippen molar-refractivity contribution in [1.29, 1.82) is 0 Å². The minimum atomic E-state index is -0.311. The maximum absolute atomic E-state index is 12.6. The molecule has 2 amide bonds. The molecular formula is C24H27N3O3. The third kappa shape index (κ3) is 4.03. The van der Waals surface area contributed by atoms with Gasteiger partial charge in [-0.1, -0.05) is 18.2 Å². The van der Waals surface area contributed by atoms with Crippen molar-refractivity contribution in [1.82, 2.24) is 9.88 Å². The molecule has 1 aliphatic rings. The molecule has 1 aliphatic heterocycles. The van der Waals surface area contributed by atoms with E-state index in [0.717, 1.165) is 24.4 Å². The number of methoxy groups -OCH3 is 1. The van der Waals surface area contributed by atoms with Crippen LogP contribution in [0.2, 0.25) is 0 Å². The highest BCUT2D eigenvalue weighted by Gasteiger charge is 2.34. The van der Waals surface area contributed by atoms with Crippen molar-refractivity contribution in [3.8, 4) is 5.75 Å². The van der Waals surface area contributed by atoms with Crippen molar-refractivity contribution in [3.05, 3.63) is 60.3 Å². The van der Waals surface area contributed by atoms with Gasteiger partial charge in [-0.25, -0.2) is 0 Å². The van der Waals surface area contributed by atoms with E-state index in [1.807, 2.05) is 36.4 Å². The van der Waals surface area contributed by atoms with Gasteiger partial charge in [0.1, 0.15) is 5.75 Å². The first kappa shape index (κ1) is 20.0. The summed E-state index contributed by atoms with van der Waals surface area (Å²) in [6.45, 7) is 3.97. The molecule has 0 spiro atoms. The van der Waals surface area contributed by atoms with Crippen molar-refractivity contribution in [2.75, 3.05) is 25.1 Å². The van der Waals surface area contributed by atoms with E-state index in [1.165, 1.54) is 16.6 Å². The molecule has 30 heavy (non-hydrogen) atoms. The number of nitrogens with zero attached hydrogens (tertiary/aromatic N) is 2. The molecule has 1 N–H and O–H groups in total. The number of amides is 2. The molecule has 1 saturated heterocycles. The number of hydrogen-bond acceptors (Lipinski definition) is 3. The van der Waals surface area contributed by atoms with Crippen LogP contribution in [0.25, 0.3) is 10.9 Å². The lowest BCUT2D eigenvalue weighted by atomic mass is 10.1. The van der Waals surface area contributed by atoms with Crippen molar-refractivity contribution >= 4 is 28.4 Å². The second kappa shape index (κ2) is 8.61. The van der Waals surface area contributed by atoms with Gasteiger partial charge in [0.2, 0.25) is 11.8 Å². The Morgan fingerprint density at radius 3 is 2.70 bits per heavy atom. The van der Waals surface area contributed by atoms with Crippen molar-refractivity contribution < 1.29 is 14.3 Å².